The number of carbonyl (C=O) groups excluding carboxylic acids is 1. The van der Waals surface area contributed by atoms with E-state index in [4.69, 9.17) is 23.2 Å². The standard InChI is InChI=1S/C10H9Cl2N3O3S/c11-7-3-1-4-8(12)9(7)19(17,18)14-10(16)15-6-2-5-13-15/h1-5,13H,6H2,(H,14,16). The molecular formula is C10H9Cl2N3O3S. The van der Waals surface area contributed by atoms with Crippen LogP contribution in [0.4, 0.5) is 4.79 Å². The number of carbonyl (C=O) groups is 1. The predicted molar refractivity (Wildman–Crippen MR) is 71.2 cm³/mol. The summed E-state index contributed by atoms with van der Waals surface area (Å²) in [7, 11) is -4.13. The highest BCUT2D eigenvalue weighted by atomic mass is 35.5. The number of hydrogen-bond donors (Lipinski definition) is 2. The summed E-state index contributed by atoms with van der Waals surface area (Å²) in [6, 6.07) is 3.45. The fraction of sp³-hybridized carbons (Fsp3) is 0.100. The molecule has 0 radical (unpaired) electrons. The number of hydrazine groups is 1. The molecule has 102 valence electrons. The lowest BCUT2D eigenvalue weighted by atomic mass is 10.4. The number of amides is 2. The Morgan fingerprint density at radius 2 is 1.95 bits per heavy atom. The fourth-order valence-electron chi connectivity index (χ4n) is 1.46. The van der Waals surface area contributed by atoms with E-state index in [0.29, 0.717) is 0 Å². The minimum absolute atomic E-state index is 0.0553. The smallest absolute Gasteiger partial charge is 0.302 e. The van der Waals surface area contributed by atoms with Crippen LogP contribution in [0.1, 0.15) is 0 Å². The highest BCUT2D eigenvalue weighted by Gasteiger charge is 2.26. The first kappa shape index (κ1) is 14.0. The number of sulfonamides is 1. The number of urea groups is 1. The Morgan fingerprint density at radius 3 is 2.47 bits per heavy atom. The van der Waals surface area contributed by atoms with E-state index in [1.807, 2.05) is 4.72 Å². The van der Waals surface area contributed by atoms with E-state index in [-0.39, 0.29) is 21.5 Å². The molecule has 6 nitrogen and oxygen atoms in total. The summed E-state index contributed by atoms with van der Waals surface area (Å²) in [6.45, 7) is 0.262. The molecule has 2 rings (SSSR count). The molecule has 0 unspecified atom stereocenters. The summed E-state index contributed by atoms with van der Waals surface area (Å²) in [4.78, 5) is 11.4. The second-order valence-electron chi connectivity index (χ2n) is 3.60. The largest absolute Gasteiger partial charge is 0.350 e. The zero-order valence-corrected chi connectivity index (χ0v) is 11.8. The van der Waals surface area contributed by atoms with Gasteiger partial charge in [-0.3, -0.25) is 0 Å². The summed E-state index contributed by atoms with van der Waals surface area (Å²) >= 11 is 11.6. The molecular weight excluding hydrogens is 313 g/mol. The van der Waals surface area contributed by atoms with Crippen LogP contribution in [0.25, 0.3) is 0 Å². The molecule has 0 bridgehead atoms. The van der Waals surface area contributed by atoms with Crippen molar-refractivity contribution in [3.63, 3.8) is 0 Å². The fourth-order valence-corrected chi connectivity index (χ4v) is 3.55. The molecule has 1 aliphatic heterocycles. The van der Waals surface area contributed by atoms with E-state index >= 15 is 0 Å². The first-order valence-electron chi connectivity index (χ1n) is 5.11. The summed E-state index contributed by atoms with van der Waals surface area (Å²) in [5.41, 5.74) is 2.57. The highest BCUT2D eigenvalue weighted by molar-refractivity contribution is 7.90. The summed E-state index contributed by atoms with van der Waals surface area (Å²) in [5.74, 6) is 0. The topological polar surface area (TPSA) is 78.5 Å². The van der Waals surface area contributed by atoms with Crippen molar-refractivity contribution in [1.82, 2.24) is 15.2 Å². The lowest BCUT2D eigenvalue weighted by Gasteiger charge is -2.17. The van der Waals surface area contributed by atoms with Crippen LogP contribution >= 0.6 is 23.2 Å². The van der Waals surface area contributed by atoms with Gasteiger partial charge < -0.3 is 5.43 Å². The molecule has 0 saturated carbocycles. The van der Waals surface area contributed by atoms with Gasteiger partial charge in [-0.25, -0.2) is 22.9 Å². The van der Waals surface area contributed by atoms with Gasteiger partial charge in [-0.2, -0.15) is 0 Å². The van der Waals surface area contributed by atoms with Crippen LogP contribution in [-0.2, 0) is 10.0 Å². The molecule has 19 heavy (non-hydrogen) atoms. The maximum absolute atomic E-state index is 12.1. The van der Waals surface area contributed by atoms with Gasteiger partial charge in [-0.05, 0) is 18.2 Å². The third-order valence-electron chi connectivity index (χ3n) is 2.29. The molecule has 0 fully saturated rings. The summed E-state index contributed by atoms with van der Waals surface area (Å²) < 4.78 is 26.0. The van der Waals surface area contributed by atoms with Crippen LogP contribution in [0.15, 0.2) is 35.4 Å². The van der Waals surface area contributed by atoms with Crippen LogP contribution in [0.5, 0.6) is 0 Å². The molecule has 0 aliphatic carbocycles. The first-order chi connectivity index (χ1) is 8.92. The zero-order chi connectivity index (χ0) is 14.0. The van der Waals surface area contributed by atoms with Crippen molar-refractivity contribution in [3.05, 3.63) is 40.5 Å². The molecule has 0 aromatic heterocycles. The second kappa shape index (κ2) is 5.28. The van der Waals surface area contributed by atoms with Gasteiger partial charge >= 0.3 is 6.03 Å². The monoisotopic (exact) mass is 321 g/mol. The van der Waals surface area contributed by atoms with Crippen molar-refractivity contribution in [2.45, 2.75) is 4.90 Å². The highest BCUT2D eigenvalue weighted by Crippen LogP contribution is 2.28. The third kappa shape index (κ3) is 2.94. The summed E-state index contributed by atoms with van der Waals surface area (Å²) in [6.07, 6.45) is 3.18. The van der Waals surface area contributed by atoms with Gasteiger partial charge in [0.25, 0.3) is 10.0 Å². The molecule has 9 heteroatoms. The SMILES string of the molecule is O=C(NS(=O)(=O)c1c(Cl)cccc1Cl)N1CC=CN1. The predicted octanol–water partition coefficient (Wildman–Crippen LogP) is 1.73. The quantitative estimate of drug-likeness (QED) is 0.869. The average molecular weight is 322 g/mol. The number of hydrogen-bond acceptors (Lipinski definition) is 4. The number of nitrogens with one attached hydrogen (secondary N) is 2. The zero-order valence-electron chi connectivity index (χ0n) is 9.43. The van der Waals surface area contributed by atoms with Gasteiger partial charge in [-0.15, -0.1) is 0 Å². The lowest BCUT2D eigenvalue weighted by Crippen LogP contribution is -2.46. The molecule has 1 aromatic rings. The maximum Gasteiger partial charge on any atom is 0.350 e. The van der Waals surface area contributed by atoms with Crippen molar-refractivity contribution in [2.75, 3.05) is 6.54 Å². The van der Waals surface area contributed by atoms with Crippen LogP contribution in [0.2, 0.25) is 10.0 Å². The van der Waals surface area contributed by atoms with E-state index in [1.54, 1.807) is 6.08 Å². The number of nitrogens with zero attached hydrogens (tertiary/aromatic N) is 1. The van der Waals surface area contributed by atoms with Gasteiger partial charge in [0.15, 0.2) is 0 Å². The lowest BCUT2D eigenvalue weighted by molar-refractivity contribution is 0.200. The third-order valence-corrected chi connectivity index (χ3v) is 4.57. The molecule has 2 N–H and O–H groups in total. The minimum atomic E-state index is -4.13. The molecule has 0 spiro atoms. The second-order valence-corrected chi connectivity index (χ2v) is 6.04. The first-order valence-corrected chi connectivity index (χ1v) is 7.35. The Labute approximate surface area is 120 Å². The van der Waals surface area contributed by atoms with Crippen molar-refractivity contribution in [3.8, 4) is 0 Å². The Morgan fingerprint density at radius 1 is 1.32 bits per heavy atom. The molecule has 2 amide bonds. The van der Waals surface area contributed by atoms with Gasteiger partial charge in [0.2, 0.25) is 0 Å². The van der Waals surface area contributed by atoms with Crippen molar-refractivity contribution in [1.29, 1.82) is 0 Å². The van der Waals surface area contributed by atoms with E-state index in [2.05, 4.69) is 5.43 Å². The number of benzene rings is 1. The maximum atomic E-state index is 12.1. The van der Waals surface area contributed by atoms with Gasteiger partial charge in [0, 0.05) is 6.20 Å². The average Bonchev–Trinajstić information content (AvgIpc) is 2.80. The molecule has 1 aromatic carbocycles. The van der Waals surface area contributed by atoms with E-state index < -0.39 is 16.1 Å². The van der Waals surface area contributed by atoms with E-state index in [0.717, 1.165) is 5.01 Å². The van der Waals surface area contributed by atoms with Crippen molar-refractivity contribution < 1.29 is 13.2 Å². The molecule has 0 atom stereocenters. The Balaban J connectivity index is 2.25. The van der Waals surface area contributed by atoms with Gasteiger partial charge in [0.1, 0.15) is 4.90 Å². The van der Waals surface area contributed by atoms with Crippen molar-refractivity contribution >= 4 is 39.3 Å². The van der Waals surface area contributed by atoms with Gasteiger partial charge in [0.05, 0.1) is 16.6 Å². The number of rotatable bonds is 2. The van der Waals surface area contributed by atoms with Crippen LogP contribution in [-0.4, -0.2) is 26.0 Å². The Hall–Kier alpha value is -1.44. The molecule has 1 heterocycles. The van der Waals surface area contributed by atoms with Crippen molar-refractivity contribution in [2.24, 2.45) is 0 Å². The van der Waals surface area contributed by atoms with Crippen LogP contribution in [0, 0.1) is 0 Å². The van der Waals surface area contributed by atoms with E-state index in [9.17, 15) is 13.2 Å². The molecule has 0 saturated heterocycles. The van der Waals surface area contributed by atoms with Crippen LogP contribution in [0.3, 0.4) is 0 Å². The van der Waals surface area contributed by atoms with Gasteiger partial charge in [-0.1, -0.05) is 29.3 Å². The Bertz CT molecular complexity index is 617. The van der Waals surface area contributed by atoms with E-state index in [1.165, 1.54) is 24.4 Å². The summed E-state index contributed by atoms with van der Waals surface area (Å²) in [5, 5.41) is 0.975. The normalized spacial score (nSPS) is 14.3. The molecule has 1 aliphatic rings. The Kier molecular flexibility index (Phi) is 3.88. The minimum Gasteiger partial charge on any atom is -0.302 e. The van der Waals surface area contributed by atoms with Crippen LogP contribution < -0.4 is 10.1 Å². The number of halogens is 2.